The van der Waals surface area contributed by atoms with E-state index >= 15 is 0 Å². The summed E-state index contributed by atoms with van der Waals surface area (Å²) < 4.78 is 15.4. The Morgan fingerprint density at radius 1 is 0.806 bits per heavy atom. The lowest BCUT2D eigenvalue weighted by molar-refractivity contribution is 0.254. The van der Waals surface area contributed by atoms with Crippen molar-refractivity contribution in [3.63, 3.8) is 0 Å². The lowest BCUT2D eigenvalue weighted by Crippen LogP contribution is -2.46. The van der Waals surface area contributed by atoms with Gasteiger partial charge < -0.3 is 4.90 Å². The predicted molar refractivity (Wildman–Crippen MR) is 124 cm³/mol. The summed E-state index contributed by atoms with van der Waals surface area (Å²) in [6, 6.07) is 17.5. The zero-order valence-electron chi connectivity index (χ0n) is 18.1. The minimum absolute atomic E-state index is 0.167. The molecule has 5 rings (SSSR count). The number of rotatable bonds is 6. The van der Waals surface area contributed by atoms with E-state index in [2.05, 4.69) is 44.8 Å². The zero-order chi connectivity index (χ0) is 21.0. The number of piperazine rings is 1. The molecule has 5 heteroatoms. The highest BCUT2D eigenvalue weighted by Gasteiger charge is 2.22. The number of aryl methyl sites for hydroxylation is 1. The van der Waals surface area contributed by atoms with E-state index < -0.39 is 0 Å². The predicted octanol–water partition coefficient (Wildman–Crippen LogP) is 4.65. The molecule has 0 saturated carbocycles. The number of anilines is 1. The van der Waals surface area contributed by atoms with Crippen molar-refractivity contribution in [2.75, 3.05) is 37.6 Å². The molecule has 1 saturated heterocycles. The fraction of sp³-hybridized carbons (Fsp3) is 0.423. The van der Waals surface area contributed by atoms with Crippen molar-refractivity contribution in [1.82, 2.24) is 14.7 Å². The second-order valence-electron chi connectivity index (χ2n) is 8.74. The number of para-hydroxylation sites is 1. The largest absolute Gasteiger partial charge is 0.369 e. The molecule has 31 heavy (non-hydrogen) atoms. The van der Waals surface area contributed by atoms with Crippen LogP contribution in [0, 0.1) is 5.82 Å². The molecule has 0 atom stereocenters. The number of nitrogens with zero attached hydrogens (tertiary/aromatic N) is 4. The number of hydrogen-bond donors (Lipinski definition) is 0. The second kappa shape index (κ2) is 9.23. The van der Waals surface area contributed by atoms with E-state index in [1.807, 2.05) is 12.1 Å². The van der Waals surface area contributed by atoms with Gasteiger partial charge in [-0.25, -0.2) is 9.07 Å². The van der Waals surface area contributed by atoms with Crippen LogP contribution >= 0.6 is 0 Å². The number of halogens is 1. The average Bonchev–Trinajstić information content (AvgIpc) is 3.19. The van der Waals surface area contributed by atoms with Crippen LogP contribution in [0.5, 0.6) is 0 Å². The zero-order valence-corrected chi connectivity index (χ0v) is 18.1. The molecule has 0 N–H and O–H groups in total. The van der Waals surface area contributed by atoms with Gasteiger partial charge in [0.2, 0.25) is 0 Å². The Morgan fingerprint density at radius 3 is 2.32 bits per heavy atom. The van der Waals surface area contributed by atoms with Crippen LogP contribution in [0.4, 0.5) is 10.1 Å². The molecule has 2 aliphatic rings. The van der Waals surface area contributed by atoms with Crippen molar-refractivity contribution in [3.8, 4) is 5.69 Å². The molecular weight excluding hydrogens is 387 g/mol. The molecule has 2 aromatic carbocycles. The Balaban J connectivity index is 1.20. The van der Waals surface area contributed by atoms with Crippen molar-refractivity contribution in [2.24, 2.45) is 0 Å². The van der Waals surface area contributed by atoms with E-state index in [1.54, 1.807) is 12.1 Å². The van der Waals surface area contributed by atoms with Crippen molar-refractivity contribution >= 4 is 5.69 Å². The fourth-order valence-corrected chi connectivity index (χ4v) is 5.01. The highest BCUT2D eigenvalue weighted by Crippen LogP contribution is 2.27. The third-order valence-corrected chi connectivity index (χ3v) is 6.72. The van der Waals surface area contributed by atoms with Gasteiger partial charge in [0.15, 0.2) is 0 Å². The van der Waals surface area contributed by atoms with Gasteiger partial charge in [0.25, 0.3) is 0 Å². The molecule has 1 fully saturated rings. The minimum Gasteiger partial charge on any atom is -0.369 e. The van der Waals surface area contributed by atoms with Gasteiger partial charge >= 0.3 is 0 Å². The normalized spacial score (nSPS) is 17.0. The number of aromatic nitrogens is 2. The molecule has 1 aliphatic carbocycles. The maximum absolute atomic E-state index is 13.2. The van der Waals surface area contributed by atoms with E-state index in [0.717, 1.165) is 57.7 Å². The quantitative estimate of drug-likeness (QED) is 0.583. The molecular formula is C26H31FN4. The molecule has 4 nitrogen and oxygen atoms in total. The van der Waals surface area contributed by atoms with E-state index in [9.17, 15) is 4.39 Å². The molecule has 162 valence electrons. The standard InChI is InChI=1S/C26H31FN4/c27-21-12-14-22(15-13-21)30-19-17-29(18-20-30)16-6-11-26-24-9-4-5-10-25(24)28-31(26)23-7-2-1-3-8-23/h1-3,7-8,12-15H,4-6,9-11,16-20H2. The van der Waals surface area contributed by atoms with Crippen molar-refractivity contribution in [3.05, 3.63) is 77.4 Å². The Hall–Kier alpha value is -2.66. The first-order valence-electron chi connectivity index (χ1n) is 11.7. The SMILES string of the molecule is Fc1ccc(N2CCN(CCCc3c4c(nn3-c3ccccc3)CCCC4)CC2)cc1. The monoisotopic (exact) mass is 418 g/mol. The first-order chi connectivity index (χ1) is 15.3. The summed E-state index contributed by atoms with van der Waals surface area (Å²) in [5.41, 5.74) is 6.55. The molecule has 0 unspecified atom stereocenters. The summed E-state index contributed by atoms with van der Waals surface area (Å²) in [5, 5.41) is 5.01. The molecule has 3 aromatic rings. The second-order valence-corrected chi connectivity index (χ2v) is 8.74. The average molecular weight is 419 g/mol. The molecule has 1 aromatic heterocycles. The van der Waals surface area contributed by atoms with Gasteiger partial charge in [-0.3, -0.25) is 4.90 Å². The number of hydrogen-bond acceptors (Lipinski definition) is 3. The van der Waals surface area contributed by atoms with Gasteiger partial charge in [0.1, 0.15) is 5.82 Å². The topological polar surface area (TPSA) is 24.3 Å². The van der Waals surface area contributed by atoms with Crippen LogP contribution in [0.3, 0.4) is 0 Å². The first-order valence-corrected chi connectivity index (χ1v) is 11.7. The van der Waals surface area contributed by atoms with Gasteiger partial charge in [-0.05, 0) is 87.0 Å². The van der Waals surface area contributed by atoms with Crippen molar-refractivity contribution in [1.29, 1.82) is 0 Å². The van der Waals surface area contributed by atoms with Gasteiger partial charge in [-0.15, -0.1) is 0 Å². The Kier molecular flexibility index (Phi) is 6.03. The summed E-state index contributed by atoms with van der Waals surface area (Å²) in [5.74, 6) is -0.167. The summed E-state index contributed by atoms with van der Waals surface area (Å²) in [4.78, 5) is 4.92. The van der Waals surface area contributed by atoms with E-state index in [0.29, 0.717) is 0 Å². The van der Waals surface area contributed by atoms with E-state index in [-0.39, 0.29) is 5.82 Å². The van der Waals surface area contributed by atoms with Crippen molar-refractivity contribution < 1.29 is 4.39 Å². The number of fused-ring (bicyclic) bond motifs is 1. The summed E-state index contributed by atoms with van der Waals surface area (Å²) in [6.07, 6.45) is 7.07. The smallest absolute Gasteiger partial charge is 0.123 e. The van der Waals surface area contributed by atoms with Gasteiger partial charge in [0.05, 0.1) is 11.4 Å². The Morgan fingerprint density at radius 2 is 1.55 bits per heavy atom. The maximum Gasteiger partial charge on any atom is 0.123 e. The van der Waals surface area contributed by atoms with Gasteiger partial charge in [0, 0.05) is 37.6 Å². The molecule has 2 heterocycles. The summed E-state index contributed by atoms with van der Waals surface area (Å²) >= 11 is 0. The highest BCUT2D eigenvalue weighted by atomic mass is 19.1. The minimum atomic E-state index is -0.167. The molecule has 0 spiro atoms. The summed E-state index contributed by atoms with van der Waals surface area (Å²) in [7, 11) is 0. The van der Waals surface area contributed by atoms with Crippen molar-refractivity contribution in [2.45, 2.75) is 38.5 Å². The van der Waals surface area contributed by atoms with Crippen LogP contribution in [0.1, 0.15) is 36.2 Å². The van der Waals surface area contributed by atoms with E-state index in [4.69, 9.17) is 5.10 Å². The third-order valence-electron chi connectivity index (χ3n) is 6.72. The maximum atomic E-state index is 13.2. The van der Waals surface area contributed by atoms with Crippen LogP contribution in [0.25, 0.3) is 5.69 Å². The van der Waals surface area contributed by atoms with Crippen LogP contribution < -0.4 is 4.90 Å². The van der Waals surface area contributed by atoms with Crippen LogP contribution in [0.2, 0.25) is 0 Å². The molecule has 0 radical (unpaired) electrons. The molecule has 1 aliphatic heterocycles. The summed E-state index contributed by atoms with van der Waals surface area (Å²) in [6.45, 7) is 5.25. The molecule has 0 bridgehead atoms. The highest BCUT2D eigenvalue weighted by molar-refractivity contribution is 5.46. The molecule has 0 amide bonds. The van der Waals surface area contributed by atoms with Crippen LogP contribution in [-0.4, -0.2) is 47.4 Å². The Bertz CT molecular complexity index is 988. The van der Waals surface area contributed by atoms with Crippen LogP contribution in [-0.2, 0) is 19.3 Å². The lowest BCUT2D eigenvalue weighted by atomic mass is 9.94. The Labute approximate surface area is 184 Å². The van der Waals surface area contributed by atoms with Gasteiger partial charge in [-0.1, -0.05) is 18.2 Å². The third kappa shape index (κ3) is 4.52. The lowest BCUT2D eigenvalue weighted by Gasteiger charge is -2.36. The van der Waals surface area contributed by atoms with Crippen LogP contribution in [0.15, 0.2) is 54.6 Å². The fourth-order valence-electron chi connectivity index (χ4n) is 5.01. The number of benzene rings is 2. The van der Waals surface area contributed by atoms with E-state index in [1.165, 1.54) is 41.9 Å². The van der Waals surface area contributed by atoms with Gasteiger partial charge in [-0.2, -0.15) is 5.10 Å². The first kappa shape index (κ1) is 20.3.